The minimum Gasteiger partial charge on any atom is -0.340 e. The largest absolute Gasteiger partial charge is 0.340 e. The van der Waals surface area contributed by atoms with Crippen LogP contribution in [0.15, 0.2) is 24.4 Å². The minimum atomic E-state index is -2.92. The van der Waals surface area contributed by atoms with Gasteiger partial charge in [-0.1, -0.05) is 6.07 Å². The van der Waals surface area contributed by atoms with Gasteiger partial charge in [0.1, 0.15) is 0 Å². The Balaban J connectivity index is 1.48. The summed E-state index contributed by atoms with van der Waals surface area (Å²) in [5.74, 6) is 0.508. The van der Waals surface area contributed by atoms with E-state index in [9.17, 15) is 13.2 Å². The van der Waals surface area contributed by atoms with Crippen LogP contribution in [-0.2, 0) is 21.2 Å². The molecule has 1 amide bonds. The second-order valence-electron chi connectivity index (χ2n) is 7.30. The molecule has 0 N–H and O–H groups in total. The van der Waals surface area contributed by atoms with E-state index in [2.05, 4.69) is 9.88 Å². The number of carbonyl (C=O) groups excluding carboxylic acids is 1. The SMILES string of the molecule is CN(CC(=O)N1CCCN(Cc2ccccn2)CC1)C1CCS(=O)(=O)C1. The van der Waals surface area contributed by atoms with Gasteiger partial charge in [-0.25, -0.2) is 8.42 Å². The molecule has 2 aliphatic heterocycles. The molecule has 144 valence electrons. The van der Waals surface area contributed by atoms with Crippen LogP contribution in [-0.4, -0.2) is 91.3 Å². The molecule has 3 rings (SSSR count). The topological polar surface area (TPSA) is 73.8 Å². The van der Waals surface area contributed by atoms with Gasteiger partial charge < -0.3 is 4.90 Å². The first-order valence-electron chi connectivity index (χ1n) is 9.24. The summed E-state index contributed by atoms with van der Waals surface area (Å²) in [6, 6.07) is 5.91. The molecule has 1 aromatic rings. The molecule has 0 bridgehead atoms. The van der Waals surface area contributed by atoms with Crippen molar-refractivity contribution in [3.63, 3.8) is 0 Å². The molecule has 0 aliphatic carbocycles. The summed E-state index contributed by atoms with van der Waals surface area (Å²) in [5.41, 5.74) is 1.05. The van der Waals surface area contributed by atoms with Crippen molar-refractivity contribution in [3.05, 3.63) is 30.1 Å². The number of hydrogen-bond acceptors (Lipinski definition) is 6. The molecular formula is C18H28N4O3S. The Bertz CT molecular complexity index is 710. The lowest BCUT2D eigenvalue weighted by Gasteiger charge is -2.27. The van der Waals surface area contributed by atoms with E-state index in [-0.39, 0.29) is 23.5 Å². The number of pyridine rings is 1. The summed E-state index contributed by atoms with van der Waals surface area (Å²) in [7, 11) is -1.07. The minimum absolute atomic E-state index is 0.0309. The summed E-state index contributed by atoms with van der Waals surface area (Å²) in [5, 5.41) is 0. The molecule has 0 aromatic carbocycles. The number of carbonyl (C=O) groups is 1. The second kappa shape index (κ2) is 8.45. The number of nitrogens with zero attached hydrogens (tertiary/aromatic N) is 4. The van der Waals surface area contributed by atoms with E-state index < -0.39 is 9.84 Å². The lowest BCUT2D eigenvalue weighted by Crippen LogP contribution is -2.44. The van der Waals surface area contributed by atoms with Crippen LogP contribution in [0.2, 0.25) is 0 Å². The van der Waals surface area contributed by atoms with Crippen molar-refractivity contribution in [3.8, 4) is 0 Å². The molecule has 0 saturated carbocycles. The van der Waals surface area contributed by atoms with Gasteiger partial charge in [0.25, 0.3) is 0 Å². The Morgan fingerprint density at radius 3 is 2.81 bits per heavy atom. The van der Waals surface area contributed by atoms with Gasteiger partial charge >= 0.3 is 0 Å². The maximum Gasteiger partial charge on any atom is 0.236 e. The highest BCUT2D eigenvalue weighted by Crippen LogP contribution is 2.16. The van der Waals surface area contributed by atoms with Crippen LogP contribution in [0, 0.1) is 0 Å². The van der Waals surface area contributed by atoms with Crippen LogP contribution in [0.1, 0.15) is 18.5 Å². The predicted molar refractivity (Wildman–Crippen MR) is 100 cm³/mol. The van der Waals surface area contributed by atoms with E-state index in [1.807, 2.05) is 41.2 Å². The standard InChI is InChI=1S/C18H28N4O3S/c1-20(17-6-12-26(24,25)15-17)14-18(23)22-9-4-8-21(10-11-22)13-16-5-2-3-7-19-16/h2-3,5,7,17H,4,6,8-15H2,1H3. The van der Waals surface area contributed by atoms with Crippen molar-refractivity contribution in [1.82, 2.24) is 19.7 Å². The fourth-order valence-electron chi connectivity index (χ4n) is 3.66. The van der Waals surface area contributed by atoms with Crippen molar-refractivity contribution in [2.24, 2.45) is 0 Å². The zero-order valence-corrected chi connectivity index (χ0v) is 16.2. The Kier molecular flexibility index (Phi) is 6.26. The lowest BCUT2D eigenvalue weighted by atomic mass is 10.2. The van der Waals surface area contributed by atoms with Crippen molar-refractivity contribution in [2.75, 3.05) is 51.3 Å². The lowest BCUT2D eigenvalue weighted by molar-refractivity contribution is -0.132. The molecule has 0 radical (unpaired) electrons. The van der Waals surface area contributed by atoms with E-state index >= 15 is 0 Å². The number of sulfone groups is 1. The average molecular weight is 381 g/mol. The number of likely N-dealkylation sites (N-methyl/N-ethyl adjacent to an activating group) is 1. The van der Waals surface area contributed by atoms with Gasteiger partial charge in [0.15, 0.2) is 9.84 Å². The van der Waals surface area contributed by atoms with Crippen LogP contribution in [0.25, 0.3) is 0 Å². The van der Waals surface area contributed by atoms with E-state index in [0.29, 0.717) is 19.5 Å². The Morgan fingerprint density at radius 1 is 1.27 bits per heavy atom. The summed E-state index contributed by atoms with van der Waals surface area (Å²) in [6.07, 6.45) is 3.38. The highest BCUT2D eigenvalue weighted by molar-refractivity contribution is 7.91. The van der Waals surface area contributed by atoms with Gasteiger partial charge in [-0.3, -0.25) is 19.6 Å². The quantitative estimate of drug-likeness (QED) is 0.728. The maximum atomic E-state index is 12.6. The van der Waals surface area contributed by atoms with Crippen LogP contribution in [0.5, 0.6) is 0 Å². The van der Waals surface area contributed by atoms with E-state index in [1.165, 1.54) is 0 Å². The van der Waals surface area contributed by atoms with Gasteiger partial charge in [-0.05, 0) is 32.0 Å². The Labute approximate surface area is 155 Å². The zero-order valence-electron chi connectivity index (χ0n) is 15.4. The molecule has 0 spiro atoms. The predicted octanol–water partition coefficient (Wildman–Crippen LogP) is 0.235. The van der Waals surface area contributed by atoms with Crippen molar-refractivity contribution >= 4 is 15.7 Å². The summed E-state index contributed by atoms with van der Waals surface area (Å²) >= 11 is 0. The molecule has 1 atom stereocenters. The molecule has 2 saturated heterocycles. The van der Waals surface area contributed by atoms with Gasteiger partial charge in [0, 0.05) is 45.0 Å². The molecular weight excluding hydrogens is 352 g/mol. The summed E-state index contributed by atoms with van der Waals surface area (Å²) in [4.78, 5) is 23.2. The summed E-state index contributed by atoms with van der Waals surface area (Å²) in [6.45, 7) is 4.36. The van der Waals surface area contributed by atoms with Gasteiger partial charge in [-0.15, -0.1) is 0 Å². The van der Waals surface area contributed by atoms with Crippen LogP contribution < -0.4 is 0 Å². The smallest absolute Gasteiger partial charge is 0.236 e. The first kappa shape index (κ1) is 19.3. The summed E-state index contributed by atoms with van der Waals surface area (Å²) < 4.78 is 23.3. The first-order chi connectivity index (χ1) is 12.4. The van der Waals surface area contributed by atoms with Crippen molar-refractivity contribution in [1.29, 1.82) is 0 Å². The maximum absolute atomic E-state index is 12.6. The Morgan fingerprint density at radius 2 is 2.12 bits per heavy atom. The van der Waals surface area contributed by atoms with Crippen molar-refractivity contribution in [2.45, 2.75) is 25.4 Å². The molecule has 3 heterocycles. The normalized spacial score (nSPS) is 23.9. The monoisotopic (exact) mass is 380 g/mol. The van der Waals surface area contributed by atoms with Crippen molar-refractivity contribution < 1.29 is 13.2 Å². The molecule has 1 unspecified atom stereocenters. The third-order valence-electron chi connectivity index (χ3n) is 5.27. The van der Waals surface area contributed by atoms with E-state index in [0.717, 1.165) is 38.3 Å². The molecule has 1 aromatic heterocycles. The van der Waals surface area contributed by atoms with Crippen LogP contribution in [0.3, 0.4) is 0 Å². The molecule has 2 aliphatic rings. The third kappa shape index (κ3) is 5.25. The molecule has 7 nitrogen and oxygen atoms in total. The molecule has 8 heteroatoms. The fraction of sp³-hybridized carbons (Fsp3) is 0.667. The molecule has 2 fully saturated rings. The van der Waals surface area contributed by atoms with E-state index in [4.69, 9.17) is 0 Å². The Hall–Kier alpha value is -1.51. The third-order valence-corrected chi connectivity index (χ3v) is 7.02. The first-order valence-corrected chi connectivity index (χ1v) is 11.1. The second-order valence-corrected chi connectivity index (χ2v) is 9.53. The van der Waals surface area contributed by atoms with Gasteiger partial charge in [-0.2, -0.15) is 0 Å². The van der Waals surface area contributed by atoms with Crippen LogP contribution >= 0.6 is 0 Å². The molecule has 26 heavy (non-hydrogen) atoms. The number of rotatable bonds is 5. The highest BCUT2D eigenvalue weighted by Gasteiger charge is 2.32. The average Bonchev–Trinajstić information content (AvgIpc) is 2.83. The van der Waals surface area contributed by atoms with Gasteiger partial charge in [0.05, 0.1) is 23.7 Å². The fourth-order valence-corrected chi connectivity index (χ4v) is 5.47. The van der Waals surface area contributed by atoms with Gasteiger partial charge in [0.2, 0.25) is 5.91 Å². The highest BCUT2D eigenvalue weighted by atomic mass is 32.2. The van der Waals surface area contributed by atoms with Crippen LogP contribution in [0.4, 0.5) is 0 Å². The number of hydrogen-bond donors (Lipinski definition) is 0. The number of aromatic nitrogens is 1. The van der Waals surface area contributed by atoms with E-state index in [1.54, 1.807) is 0 Å². The zero-order chi connectivity index (χ0) is 18.6. The number of amides is 1.